The Morgan fingerprint density at radius 3 is 3.08 bits per heavy atom. The predicted molar refractivity (Wildman–Crippen MR) is 51.9 cm³/mol. The van der Waals surface area contributed by atoms with Gasteiger partial charge in [0, 0.05) is 24.2 Å². The van der Waals surface area contributed by atoms with E-state index in [0.29, 0.717) is 5.92 Å². The second-order valence-electron chi connectivity index (χ2n) is 3.50. The summed E-state index contributed by atoms with van der Waals surface area (Å²) in [5.74, 6) is 0.402. The zero-order valence-electron chi connectivity index (χ0n) is 7.55. The molecule has 70 valence electrons. The highest BCUT2D eigenvalue weighted by atomic mass is 16.1. The van der Waals surface area contributed by atoms with E-state index < -0.39 is 0 Å². The molecule has 1 aliphatic heterocycles. The van der Waals surface area contributed by atoms with Crippen LogP contribution in [0, 0.1) is 0 Å². The molecule has 1 fully saturated rings. The first-order chi connectivity index (χ1) is 6.38. The van der Waals surface area contributed by atoms with E-state index >= 15 is 0 Å². The molecule has 1 aromatic heterocycles. The molecule has 13 heavy (non-hydrogen) atoms. The van der Waals surface area contributed by atoms with Crippen LogP contribution in [0.25, 0.3) is 0 Å². The van der Waals surface area contributed by atoms with Gasteiger partial charge < -0.3 is 10.3 Å². The molecule has 0 aliphatic carbocycles. The van der Waals surface area contributed by atoms with Crippen LogP contribution >= 0.6 is 0 Å². The number of nitrogens with one attached hydrogen (secondary N) is 2. The third-order valence-electron chi connectivity index (χ3n) is 2.59. The van der Waals surface area contributed by atoms with Gasteiger partial charge in [-0.3, -0.25) is 4.79 Å². The molecule has 3 nitrogen and oxygen atoms in total. The van der Waals surface area contributed by atoms with Gasteiger partial charge in [-0.1, -0.05) is 6.07 Å². The maximum atomic E-state index is 11.4. The molecule has 1 aliphatic rings. The first-order valence-corrected chi connectivity index (χ1v) is 4.76. The Morgan fingerprint density at radius 2 is 2.38 bits per heavy atom. The van der Waals surface area contributed by atoms with E-state index in [-0.39, 0.29) is 5.56 Å². The lowest BCUT2D eigenvalue weighted by molar-refractivity contribution is 0.459. The first-order valence-electron chi connectivity index (χ1n) is 4.76. The molecule has 2 rings (SSSR count). The molecule has 2 heterocycles. The maximum absolute atomic E-state index is 11.4. The van der Waals surface area contributed by atoms with Crippen molar-refractivity contribution in [2.75, 3.05) is 13.1 Å². The second-order valence-corrected chi connectivity index (χ2v) is 3.50. The quantitative estimate of drug-likeness (QED) is 0.669. The molecule has 0 amide bonds. The molecule has 1 atom stereocenters. The molecule has 1 aromatic rings. The number of hydrogen-bond donors (Lipinski definition) is 2. The summed E-state index contributed by atoms with van der Waals surface area (Å²) in [6.07, 6.45) is 3.97. The minimum Gasteiger partial charge on any atom is -0.329 e. The average molecular weight is 178 g/mol. The third-order valence-corrected chi connectivity index (χ3v) is 2.59. The van der Waals surface area contributed by atoms with Crippen molar-refractivity contribution in [3.8, 4) is 0 Å². The van der Waals surface area contributed by atoms with E-state index in [2.05, 4.69) is 10.3 Å². The van der Waals surface area contributed by atoms with Crippen molar-refractivity contribution in [2.24, 2.45) is 0 Å². The van der Waals surface area contributed by atoms with E-state index in [4.69, 9.17) is 0 Å². The number of piperidine rings is 1. The van der Waals surface area contributed by atoms with Crippen molar-refractivity contribution in [1.29, 1.82) is 0 Å². The number of aromatic amines is 1. The summed E-state index contributed by atoms with van der Waals surface area (Å²) in [6.45, 7) is 2.02. The normalized spacial score (nSPS) is 22.9. The van der Waals surface area contributed by atoms with Crippen molar-refractivity contribution >= 4 is 0 Å². The van der Waals surface area contributed by atoms with Gasteiger partial charge in [0.1, 0.15) is 0 Å². The number of rotatable bonds is 1. The summed E-state index contributed by atoms with van der Waals surface area (Å²) in [5.41, 5.74) is 0.992. The standard InChI is InChI=1S/C10H14N2O/c13-10-9(4-2-6-12-10)8-3-1-5-11-7-8/h2,4,6,8,11H,1,3,5,7H2,(H,12,13). The van der Waals surface area contributed by atoms with Crippen LogP contribution in [-0.2, 0) is 0 Å². The molecule has 2 N–H and O–H groups in total. The van der Waals surface area contributed by atoms with Crippen LogP contribution in [0.1, 0.15) is 24.3 Å². The molecule has 0 aromatic carbocycles. The fourth-order valence-corrected chi connectivity index (χ4v) is 1.87. The minimum atomic E-state index is 0.0659. The van der Waals surface area contributed by atoms with Gasteiger partial charge in [0.05, 0.1) is 0 Å². The van der Waals surface area contributed by atoms with Crippen molar-refractivity contribution in [3.05, 3.63) is 34.2 Å². The van der Waals surface area contributed by atoms with Gasteiger partial charge >= 0.3 is 0 Å². The number of H-pyrrole nitrogens is 1. The van der Waals surface area contributed by atoms with Crippen LogP contribution in [0.5, 0.6) is 0 Å². The highest BCUT2D eigenvalue weighted by molar-refractivity contribution is 5.15. The Kier molecular flexibility index (Phi) is 2.45. The average Bonchev–Trinajstić information content (AvgIpc) is 2.20. The van der Waals surface area contributed by atoms with E-state index in [9.17, 15) is 4.79 Å². The highest BCUT2D eigenvalue weighted by Crippen LogP contribution is 2.19. The van der Waals surface area contributed by atoms with Crippen LogP contribution in [0.3, 0.4) is 0 Å². The summed E-state index contributed by atoms with van der Waals surface area (Å²) in [6, 6.07) is 3.82. The van der Waals surface area contributed by atoms with Gasteiger partial charge in [-0.15, -0.1) is 0 Å². The fourth-order valence-electron chi connectivity index (χ4n) is 1.87. The Bertz CT molecular complexity index is 326. The monoisotopic (exact) mass is 178 g/mol. The van der Waals surface area contributed by atoms with Crippen LogP contribution in [0.2, 0.25) is 0 Å². The number of aromatic nitrogens is 1. The van der Waals surface area contributed by atoms with Gasteiger partial charge in [-0.25, -0.2) is 0 Å². The van der Waals surface area contributed by atoms with Crippen molar-refractivity contribution in [2.45, 2.75) is 18.8 Å². The maximum Gasteiger partial charge on any atom is 0.251 e. The van der Waals surface area contributed by atoms with Crippen LogP contribution < -0.4 is 10.9 Å². The zero-order valence-corrected chi connectivity index (χ0v) is 7.55. The molecule has 1 saturated heterocycles. The smallest absolute Gasteiger partial charge is 0.251 e. The Labute approximate surface area is 77.2 Å². The Balaban J connectivity index is 2.24. The SMILES string of the molecule is O=c1[nH]cccc1C1CCCNC1. The summed E-state index contributed by atoms with van der Waals surface area (Å²) in [7, 11) is 0. The van der Waals surface area contributed by atoms with Crippen LogP contribution in [0.15, 0.2) is 23.1 Å². The first kappa shape index (κ1) is 8.51. The lowest BCUT2D eigenvalue weighted by Gasteiger charge is -2.21. The summed E-state index contributed by atoms with van der Waals surface area (Å²) < 4.78 is 0. The molecular weight excluding hydrogens is 164 g/mol. The lowest BCUT2D eigenvalue weighted by Crippen LogP contribution is -2.31. The summed E-state index contributed by atoms with van der Waals surface area (Å²) in [5, 5.41) is 3.31. The number of pyridine rings is 1. The van der Waals surface area contributed by atoms with Crippen molar-refractivity contribution in [1.82, 2.24) is 10.3 Å². The van der Waals surface area contributed by atoms with Crippen LogP contribution in [0.4, 0.5) is 0 Å². The zero-order chi connectivity index (χ0) is 9.10. The summed E-state index contributed by atoms with van der Waals surface area (Å²) >= 11 is 0. The highest BCUT2D eigenvalue weighted by Gasteiger charge is 2.16. The molecule has 0 radical (unpaired) electrons. The van der Waals surface area contributed by atoms with Gasteiger partial charge in [-0.2, -0.15) is 0 Å². The molecular formula is C10H14N2O. The Morgan fingerprint density at radius 1 is 1.46 bits per heavy atom. The third kappa shape index (κ3) is 1.80. The molecule has 0 bridgehead atoms. The van der Waals surface area contributed by atoms with Gasteiger partial charge in [0.2, 0.25) is 0 Å². The minimum absolute atomic E-state index is 0.0659. The molecule has 0 saturated carbocycles. The van der Waals surface area contributed by atoms with E-state index in [1.54, 1.807) is 6.20 Å². The summed E-state index contributed by atoms with van der Waals surface area (Å²) in [4.78, 5) is 14.1. The van der Waals surface area contributed by atoms with Gasteiger partial charge in [-0.05, 0) is 25.5 Å². The van der Waals surface area contributed by atoms with Gasteiger partial charge in [0.15, 0.2) is 0 Å². The number of hydrogen-bond acceptors (Lipinski definition) is 2. The van der Waals surface area contributed by atoms with E-state index in [1.165, 1.54) is 6.42 Å². The van der Waals surface area contributed by atoms with E-state index in [0.717, 1.165) is 25.1 Å². The van der Waals surface area contributed by atoms with Crippen LogP contribution in [-0.4, -0.2) is 18.1 Å². The molecule has 1 unspecified atom stereocenters. The lowest BCUT2D eigenvalue weighted by atomic mass is 9.93. The van der Waals surface area contributed by atoms with Crippen molar-refractivity contribution in [3.63, 3.8) is 0 Å². The van der Waals surface area contributed by atoms with Crippen molar-refractivity contribution < 1.29 is 0 Å². The molecule has 3 heteroatoms. The fraction of sp³-hybridized carbons (Fsp3) is 0.500. The molecule has 0 spiro atoms. The van der Waals surface area contributed by atoms with Gasteiger partial charge in [0.25, 0.3) is 5.56 Å². The van der Waals surface area contributed by atoms with E-state index in [1.807, 2.05) is 12.1 Å². The second kappa shape index (κ2) is 3.75. The predicted octanol–water partition coefficient (Wildman–Crippen LogP) is 0.842. The topological polar surface area (TPSA) is 44.9 Å². The Hall–Kier alpha value is -1.09. The largest absolute Gasteiger partial charge is 0.329 e.